The fraction of sp³-hybridized carbons (Fsp3) is 0.632. The van der Waals surface area contributed by atoms with E-state index in [4.69, 9.17) is 14.9 Å². The zero-order valence-electron chi connectivity index (χ0n) is 16.4. The Bertz CT molecular complexity index is 626. The second-order valence-corrected chi connectivity index (χ2v) is 7.01. The van der Waals surface area contributed by atoms with Crippen LogP contribution in [0.2, 0.25) is 0 Å². The molecular formula is C19H30N4O5. The number of fused-ring (bicyclic) bond motifs is 1. The van der Waals surface area contributed by atoms with Gasteiger partial charge in [0.2, 0.25) is 5.88 Å². The number of aliphatic carboxylic acids is 2. The van der Waals surface area contributed by atoms with E-state index in [1.54, 1.807) is 0 Å². The third-order valence-corrected chi connectivity index (χ3v) is 4.73. The van der Waals surface area contributed by atoms with Crippen molar-refractivity contribution in [2.75, 3.05) is 46.4 Å². The SMILES string of the molecule is CN1CCN(CCCOc2cc3n(n2)CCCC3)CC1.O=C(O)/C=C\C(=O)O. The third kappa shape index (κ3) is 8.10. The average Bonchev–Trinajstić information content (AvgIpc) is 3.08. The molecular weight excluding hydrogens is 364 g/mol. The van der Waals surface area contributed by atoms with Crippen molar-refractivity contribution in [3.8, 4) is 5.88 Å². The Morgan fingerprint density at radius 3 is 2.39 bits per heavy atom. The third-order valence-electron chi connectivity index (χ3n) is 4.73. The zero-order chi connectivity index (χ0) is 20.4. The van der Waals surface area contributed by atoms with Crippen LogP contribution in [0.15, 0.2) is 18.2 Å². The maximum atomic E-state index is 9.55. The smallest absolute Gasteiger partial charge is 0.328 e. The molecule has 0 amide bonds. The Kier molecular flexibility index (Phi) is 8.96. The van der Waals surface area contributed by atoms with Crippen molar-refractivity contribution in [1.29, 1.82) is 0 Å². The van der Waals surface area contributed by atoms with Crippen molar-refractivity contribution in [3.05, 3.63) is 23.9 Å². The van der Waals surface area contributed by atoms with Gasteiger partial charge in [-0.1, -0.05) is 0 Å². The van der Waals surface area contributed by atoms with Gasteiger partial charge < -0.3 is 24.7 Å². The number of piperazine rings is 1. The highest BCUT2D eigenvalue weighted by Gasteiger charge is 2.14. The number of aryl methyl sites for hydroxylation is 2. The predicted molar refractivity (Wildman–Crippen MR) is 104 cm³/mol. The van der Waals surface area contributed by atoms with Gasteiger partial charge in [-0.3, -0.25) is 4.68 Å². The predicted octanol–water partition coefficient (Wildman–Crippen LogP) is 0.948. The van der Waals surface area contributed by atoms with E-state index in [9.17, 15) is 9.59 Å². The number of likely N-dealkylation sites (N-methyl/N-ethyl adjacent to an activating group) is 1. The first-order valence-corrected chi connectivity index (χ1v) is 9.68. The van der Waals surface area contributed by atoms with Gasteiger partial charge in [-0.05, 0) is 32.7 Å². The lowest BCUT2D eigenvalue weighted by Gasteiger charge is -2.32. The maximum Gasteiger partial charge on any atom is 0.328 e. The van der Waals surface area contributed by atoms with Crippen molar-refractivity contribution >= 4 is 11.9 Å². The Morgan fingerprint density at radius 1 is 1.11 bits per heavy atom. The summed E-state index contributed by atoms with van der Waals surface area (Å²) < 4.78 is 7.91. The molecule has 9 nitrogen and oxygen atoms in total. The van der Waals surface area contributed by atoms with E-state index < -0.39 is 11.9 Å². The van der Waals surface area contributed by atoms with Gasteiger partial charge in [-0.2, -0.15) is 0 Å². The Balaban J connectivity index is 0.000000300. The monoisotopic (exact) mass is 394 g/mol. The molecule has 0 atom stereocenters. The molecule has 9 heteroatoms. The van der Waals surface area contributed by atoms with Gasteiger partial charge in [0.25, 0.3) is 0 Å². The second kappa shape index (κ2) is 11.5. The minimum absolute atomic E-state index is 0.558. The molecule has 1 fully saturated rings. The highest BCUT2D eigenvalue weighted by Crippen LogP contribution is 2.19. The molecule has 0 radical (unpaired) electrons. The summed E-state index contributed by atoms with van der Waals surface area (Å²) in [6, 6.07) is 2.12. The molecule has 28 heavy (non-hydrogen) atoms. The number of rotatable bonds is 7. The summed E-state index contributed by atoms with van der Waals surface area (Å²) in [5, 5.41) is 20.1. The molecule has 0 spiro atoms. The van der Waals surface area contributed by atoms with Gasteiger partial charge in [-0.15, -0.1) is 5.10 Å². The molecule has 0 saturated carbocycles. The van der Waals surface area contributed by atoms with Crippen LogP contribution >= 0.6 is 0 Å². The van der Waals surface area contributed by atoms with Gasteiger partial charge in [0.15, 0.2) is 0 Å². The van der Waals surface area contributed by atoms with Crippen molar-refractivity contribution < 1.29 is 24.5 Å². The van der Waals surface area contributed by atoms with E-state index in [0.717, 1.165) is 38.4 Å². The van der Waals surface area contributed by atoms with Crippen LogP contribution in [-0.2, 0) is 22.6 Å². The van der Waals surface area contributed by atoms with Crippen LogP contribution in [0.25, 0.3) is 0 Å². The maximum absolute atomic E-state index is 9.55. The Hall–Kier alpha value is -2.39. The first kappa shape index (κ1) is 21.9. The average molecular weight is 394 g/mol. The number of aromatic nitrogens is 2. The summed E-state index contributed by atoms with van der Waals surface area (Å²) in [6.45, 7) is 7.73. The molecule has 1 aromatic heterocycles. The van der Waals surface area contributed by atoms with Gasteiger partial charge in [0, 0.05) is 63.2 Å². The molecule has 3 rings (SSSR count). The minimum Gasteiger partial charge on any atom is -0.478 e. The molecule has 0 aliphatic carbocycles. The zero-order valence-corrected chi connectivity index (χ0v) is 16.4. The molecule has 2 aliphatic rings. The van der Waals surface area contributed by atoms with Gasteiger partial charge in [-0.25, -0.2) is 9.59 Å². The molecule has 156 valence electrons. The largest absolute Gasteiger partial charge is 0.478 e. The van der Waals surface area contributed by atoms with E-state index in [1.165, 1.54) is 44.7 Å². The van der Waals surface area contributed by atoms with E-state index >= 15 is 0 Å². The number of hydrogen-bond donors (Lipinski definition) is 2. The second-order valence-electron chi connectivity index (χ2n) is 7.01. The van der Waals surface area contributed by atoms with Crippen LogP contribution in [0.3, 0.4) is 0 Å². The minimum atomic E-state index is -1.26. The van der Waals surface area contributed by atoms with Crippen molar-refractivity contribution in [3.63, 3.8) is 0 Å². The van der Waals surface area contributed by atoms with Crippen molar-refractivity contribution in [2.24, 2.45) is 0 Å². The first-order valence-electron chi connectivity index (χ1n) is 9.68. The summed E-state index contributed by atoms with van der Waals surface area (Å²) in [4.78, 5) is 24.0. The number of hydrogen-bond acceptors (Lipinski definition) is 6. The van der Waals surface area contributed by atoms with Crippen LogP contribution in [0, 0.1) is 0 Å². The number of carbonyl (C=O) groups is 2. The summed E-state index contributed by atoms with van der Waals surface area (Å²) in [7, 11) is 2.20. The van der Waals surface area contributed by atoms with E-state index in [-0.39, 0.29) is 0 Å². The molecule has 1 saturated heterocycles. The Morgan fingerprint density at radius 2 is 1.79 bits per heavy atom. The highest BCUT2D eigenvalue weighted by atomic mass is 16.5. The molecule has 0 unspecified atom stereocenters. The van der Waals surface area contributed by atoms with Crippen molar-refractivity contribution in [1.82, 2.24) is 19.6 Å². The lowest BCUT2D eigenvalue weighted by atomic mass is 10.1. The van der Waals surface area contributed by atoms with Crippen LogP contribution in [0.4, 0.5) is 0 Å². The van der Waals surface area contributed by atoms with E-state index in [1.807, 2.05) is 0 Å². The number of ether oxygens (including phenoxy) is 1. The van der Waals surface area contributed by atoms with Gasteiger partial charge in [0.1, 0.15) is 0 Å². The molecule has 1 aromatic rings. The van der Waals surface area contributed by atoms with Crippen molar-refractivity contribution in [2.45, 2.75) is 32.2 Å². The Labute approximate surface area is 165 Å². The summed E-state index contributed by atoms with van der Waals surface area (Å²) in [6.07, 6.45) is 5.89. The lowest BCUT2D eigenvalue weighted by Crippen LogP contribution is -2.44. The van der Waals surface area contributed by atoms with Crippen LogP contribution < -0.4 is 4.74 Å². The highest BCUT2D eigenvalue weighted by molar-refractivity contribution is 5.89. The molecule has 3 heterocycles. The quantitative estimate of drug-likeness (QED) is 0.520. The molecule has 2 N–H and O–H groups in total. The summed E-state index contributed by atoms with van der Waals surface area (Å²) in [5.74, 6) is -1.69. The molecule has 0 aromatic carbocycles. The van der Waals surface area contributed by atoms with E-state index in [0.29, 0.717) is 12.2 Å². The number of carboxylic acids is 2. The summed E-state index contributed by atoms with van der Waals surface area (Å²) >= 11 is 0. The molecule has 0 bridgehead atoms. The summed E-state index contributed by atoms with van der Waals surface area (Å²) in [5.41, 5.74) is 1.34. The topological polar surface area (TPSA) is 108 Å². The number of carboxylic acid groups (broad SMARTS) is 2. The lowest BCUT2D eigenvalue weighted by molar-refractivity contribution is -0.134. The van der Waals surface area contributed by atoms with Crippen LogP contribution in [0.1, 0.15) is 25.0 Å². The number of nitrogens with zero attached hydrogens (tertiary/aromatic N) is 4. The van der Waals surface area contributed by atoms with Gasteiger partial charge in [0.05, 0.1) is 6.61 Å². The molecule has 2 aliphatic heterocycles. The standard InChI is InChI=1S/C15H26N4O.C4H4O4/c1-17-8-10-18(11-9-17)6-4-12-20-15-13-14-5-2-3-7-19(14)16-15;5-3(6)1-2-4(7)8/h13H,2-12H2,1H3;1-2H,(H,5,6)(H,7,8)/b;2-1-. The van der Waals surface area contributed by atoms with E-state index in [2.05, 4.69) is 32.7 Å². The normalized spacial score (nSPS) is 17.6. The fourth-order valence-electron chi connectivity index (χ4n) is 3.14. The fourth-order valence-corrected chi connectivity index (χ4v) is 3.14. The van der Waals surface area contributed by atoms with Crippen LogP contribution in [0.5, 0.6) is 5.88 Å². The van der Waals surface area contributed by atoms with Crippen LogP contribution in [-0.4, -0.2) is 88.1 Å². The van der Waals surface area contributed by atoms with Gasteiger partial charge >= 0.3 is 11.9 Å². The first-order chi connectivity index (χ1) is 13.4.